The van der Waals surface area contributed by atoms with E-state index in [2.05, 4.69) is 193 Å². The quantitative estimate of drug-likeness (QED) is 0.181. The number of para-hydroxylation sites is 1. The molecule has 1 aliphatic rings. The lowest BCUT2D eigenvalue weighted by molar-refractivity contribution is 0.669. The van der Waals surface area contributed by atoms with Crippen LogP contribution in [-0.2, 0) is 0 Å². The van der Waals surface area contributed by atoms with E-state index in [0.717, 1.165) is 28.2 Å². The van der Waals surface area contributed by atoms with Gasteiger partial charge in [-0.25, -0.2) is 0 Å². The van der Waals surface area contributed by atoms with Crippen LogP contribution in [0.15, 0.2) is 190 Å². The fourth-order valence-electron chi connectivity index (χ4n) is 8.04. The Hall–Kier alpha value is -6.03. The maximum absolute atomic E-state index is 6.67. The van der Waals surface area contributed by atoms with Gasteiger partial charge in [-0.05, 0) is 106 Å². The second kappa shape index (κ2) is 11.5. The molecule has 0 spiro atoms. The molecular weight excluding hydrogens is 639 g/mol. The average molecular weight is 674 g/mol. The summed E-state index contributed by atoms with van der Waals surface area (Å²) in [5.41, 5.74) is 12.6. The van der Waals surface area contributed by atoms with Gasteiger partial charge in [0.1, 0.15) is 11.2 Å². The number of rotatable bonds is 5. The van der Waals surface area contributed by atoms with Crippen molar-refractivity contribution < 1.29 is 4.42 Å². The Balaban J connectivity index is 1.16. The summed E-state index contributed by atoms with van der Waals surface area (Å²) in [6.45, 7) is 0. The highest BCUT2D eigenvalue weighted by atomic mass is 32.3. The van der Waals surface area contributed by atoms with Crippen LogP contribution in [0.3, 0.4) is 0 Å². The van der Waals surface area contributed by atoms with Gasteiger partial charge in [0.05, 0.1) is 0 Å². The summed E-state index contributed by atoms with van der Waals surface area (Å²) in [7, 11) is -1.24. The Bertz CT molecular complexity index is 2770. The van der Waals surface area contributed by atoms with E-state index < -0.39 is 10.0 Å². The molecule has 51 heavy (non-hydrogen) atoms. The third kappa shape index (κ3) is 4.73. The molecule has 0 saturated heterocycles. The van der Waals surface area contributed by atoms with Crippen molar-refractivity contribution in [2.75, 3.05) is 17.4 Å². The molecule has 1 aliphatic heterocycles. The van der Waals surface area contributed by atoms with Crippen molar-refractivity contribution in [3.8, 4) is 33.4 Å². The summed E-state index contributed by atoms with van der Waals surface area (Å²) in [5, 5.41) is 4.85. The van der Waals surface area contributed by atoms with Crippen LogP contribution in [0.1, 0.15) is 0 Å². The summed E-state index contributed by atoms with van der Waals surface area (Å²) in [6, 6.07) is 63.9. The molecule has 0 amide bonds. The molecule has 9 aromatic rings. The van der Waals surface area contributed by atoms with Crippen LogP contribution < -0.4 is 4.90 Å². The summed E-state index contributed by atoms with van der Waals surface area (Å²) in [4.78, 5) is 5.19. The number of hydrogen-bond donors (Lipinski definition) is 0. The van der Waals surface area contributed by atoms with Crippen LogP contribution in [0.2, 0.25) is 0 Å². The normalized spacial score (nSPS) is 13.7. The topological polar surface area (TPSA) is 16.4 Å². The highest BCUT2D eigenvalue weighted by Gasteiger charge is 2.35. The number of nitrogens with zero attached hydrogens (tertiary/aromatic N) is 1. The van der Waals surface area contributed by atoms with Gasteiger partial charge in [0.25, 0.3) is 0 Å². The third-order valence-electron chi connectivity index (χ3n) is 10.5. The fraction of sp³-hybridized carbons (Fsp3) is 0.0417. The zero-order valence-electron chi connectivity index (χ0n) is 28.5. The van der Waals surface area contributed by atoms with Gasteiger partial charge < -0.3 is 9.32 Å². The van der Waals surface area contributed by atoms with Crippen LogP contribution in [0.25, 0.3) is 66.1 Å². The predicted molar refractivity (Wildman–Crippen MR) is 218 cm³/mol. The fourth-order valence-corrected chi connectivity index (χ4v) is 10.5. The molecule has 8 aromatic carbocycles. The minimum absolute atomic E-state index is 0.934. The highest BCUT2D eigenvalue weighted by Crippen LogP contribution is 2.69. The van der Waals surface area contributed by atoms with E-state index in [4.69, 9.17) is 4.42 Å². The van der Waals surface area contributed by atoms with Crippen LogP contribution in [0, 0.1) is 0 Å². The molecule has 10 rings (SSSR count). The molecular formula is C48H35NOS. The number of anilines is 3. The SMILES string of the molecule is CS1(C)c2ccc(N(c3ccc(-c4cccc5ccccc45)cc3)c3cccc(-c4ccccc4)c3)cc2-c2c1ccc1c2oc2ccccc21. The molecule has 0 atom stereocenters. The molecule has 0 bridgehead atoms. The van der Waals surface area contributed by atoms with Crippen molar-refractivity contribution in [3.63, 3.8) is 0 Å². The van der Waals surface area contributed by atoms with Gasteiger partial charge in [-0.15, -0.1) is 0 Å². The second-order valence-electron chi connectivity index (χ2n) is 13.7. The number of benzene rings is 8. The lowest BCUT2D eigenvalue weighted by Gasteiger charge is -2.29. The molecule has 0 fully saturated rings. The first-order valence-electron chi connectivity index (χ1n) is 17.4. The maximum atomic E-state index is 6.67. The lowest BCUT2D eigenvalue weighted by atomic mass is 9.98. The number of fused-ring (bicyclic) bond motifs is 8. The van der Waals surface area contributed by atoms with Crippen LogP contribution in [0.4, 0.5) is 17.1 Å². The van der Waals surface area contributed by atoms with Crippen molar-refractivity contribution in [2.45, 2.75) is 9.79 Å². The molecule has 3 heteroatoms. The largest absolute Gasteiger partial charge is 0.455 e. The first-order chi connectivity index (χ1) is 25.0. The van der Waals surface area contributed by atoms with Gasteiger partial charge in [-0.1, -0.05) is 115 Å². The van der Waals surface area contributed by atoms with E-state index in [0.29, 0.717) is 0 Å². The molecule has 0 N–H and O–H groups in total. The average Bonchev–Trinajstić information content (AvgIpc) is 3.67. The smallest absolute Gasteiger partial charge is 0.144 e. The Morgan fingerprint density at radius 1 is 0.431 bits per heavy atom. The van der Waals surface area contributed by atoms with Crippen molar-refractivity contribution in [3.05, 3.63) is 176 Å². The molecule has 1 aromatic heterocycles. The molecule has 244 valence electrons. The van der Waals surface area contributed by atoms with Crippen LogP contribution in [0.5, 0.6) is 0 Å². The highest BCUT2D eigenvalue weighted by molar-refractivity contribution is 8.33. The molecule has 0 radical (unpaired) electrons. The monoisotopic (exact) mass is 673 g/mol. The molecule has 2 nitrogen and oxygen atoms in total. The predicted octanol–water partition coefficient (Wildman–Crippen LogP) is 14.0. The molecule has 0 unspecified atom stereocenters. The van der Waals surface area contributed by atoms with Gasteiger partial charge in [0.2, 0.25) is 0 Å². The van der Waals surface area contributed by atoms with Gasteiger partial charge >= 0.3 is 0 Å². The van der Waals surface area contributed by atoms with Gasteiger partial charge in [0, 0.05) is 48.8 Å². The Morgan fingerprint density at radius 3 is 1.96 bits per heavy atom. The number of furan rings is 1. The summed E-state index contributed by atoms with van der Waals surface area (Å²) >= 11 is 0. The zero-order chi connectivity index (χ0) is 34.1. The van der Waals surface area contributed by atoms with Crippen molar-refractivity contribution in [2.24, 2.45) is 0 Å². The van der Waals surface area contributed by atoms with E-state index in [1.807, 2.05) is 0 Å². The minimum Gasteiger partial charge on any atom is -0.455 e. The first kappa shape index (κ1) is 29.8. The summed E-state index contributed by atoms with van der Waals surface area (Å²) in [5.74, 6) is 0. The Morgan fingerprint density at radius 2 is 1.10 bits per heavy atom. The lowest BCUT2D eigenvalue weighted by Crippen LogP contribution is -2.10. The minimum atomic E-state index is -1.24. The van der Waals surface area contributed by atoms with Gasteiger partial charge in [-0.2, -0.15) is 10.0 Å². The summed E-state index contributed by atoms with van der Waals surface area (Å²) < 4.78 is 6.67. The second-order valence-corrected chi connectivity index (χ2v) is 17.3. The molecule has 2 heterocycles. The zero-order valence-corrected chi connectivity index (χ0v) is 29.3. The van der Waals surface area contributed by atoms with E-state index in [-0.39, 0.29) is 0 Å². The maximum Gasteiger partial charge on any atom is 0.144 e. The molecule has 0 aliphatic carbocycles. The van der Waals surface area contributed by atoms with E-state index in [9.17, 15) is 0 Å². The number of hydrogen-bond acceptors (Lipinski definition) is 2. The first-order valence-corrected chi connectivity index (χ1v) is 19.9. The molecule has 0 saturated carbocycles. The van der Waals surface area contributed by atoms with Gasteiger partial charge in [0.15, 0.2) is 0 Å². The third-order valence-corrected chi connectivity index (χ3v) is 13.4. The summed E-state index contributed by atoms with van der Waals surface area (Å²) in [6.07, 6.45) is 4.83. The Kier molecular flexibility index (Phi) is 6.74. The van der Waals surface area contributed by atoms with Crippen molar-refractivity contribution in [1.29, 1.82) is 0 Å². The van der Waals surface area contributed by atoms with Gasteiger partial charge in [-0.3, -0.25) is 0 Å². The van der Waals surface area contributed by atoms with Crippen LogP contribution >= 0.6 is 10.0 Å². The van der Waals surface area contributed by atoms with E-state index in [1.165, 1.54) is 64.7 Å². The van der Waals surface area contributed by atoms with Crippen molar-refractivity contribution in [1.82, 2.24) is 0 Å². The van der Waals surface area contributed by atoms with E-state index in [1.54, 1.807) is 0 Å². The van der Waals surface area contributed by atoms with E-state index >= 15 is 0 Å². The van der Waals surface area contributed by atoms with Crippen molar-refractivity contribution >= 4 is 59.8 Å². The van der Waals surface area contributed by atoms with Crippen LogP contribution in [-0.4, -0.2) is 12.5 Å². The standard InChI is InChI=1S/C48H35NOS/c1-51(2)45-28-26-38(31-43(45)47-46(51)29-27-42-41-19-8-9-21-44(41)50-48(42)47)49(37-17-10-16-35(30-37)32-12-4-3-5-13-32)36-24-22-34(23-25-36)40-20-11-15-33-14-6-7-18-39(33)40/h3-31H,1-2H3. The Labute approximate surface area is 299 Å².